The van der Waals surface area contributed by atoms with E-state index in [2.05, 4.69) is 5.32 Å². The van der Waals surface area contributed by atoms with E-state index in [1.807, 2.05) is 0 Å². The third kappa shape index (κ3) is 4.69. The lowest BCUT2D eigenvalue weighted by Crippen LogP contribution is -2.42. The molecule has 0 bridgehead atoms. The van der Waals surface area contributed by atoms with E-state index >= 15 is 0 Å². The van der Waals surface area contributed by atoms with E-state index in [-0.39, 0.29) is 15.6 Å². The first-order valence-electron chi connectivity index (χ1n) is 6.09. The van der Waals surface area contributed by atoms with Crippen LogP contribution in [0.5, 0.6) is 0 Å². The Morgan fingerprint density at radius 2 is 1.70 bits per heavy atom. The molecule has 0 unspecified atom stereocenters. The molecule has 4 nitrogen and oxygen atoms in total. The maximum Gasteiger partial charge on any atom is 0.328 e. The van der Waals surface area contributed by atoms with Crippen molar-refractivity contribution < 1.29 is 14.3 Å². The van der Waals surface area contributed by atoms with Gasteiger partial charge in [0.05, 0.1) is 15.6 Å². The van der Waals surface area contributed by atoms with Crippen molar-refractivity contribution in [3.05, 3.63) is 33.8 Å². The SMILES string of the molecule is C[C@H](NC(=O)c1c(Cl)cccc1Cl)C(=O)OC(C)(C)C. The van der Waals surface area contributed by atoms with Gasteiger partial charge in [0.1, 0.15) is 11.6 Å². The van der Waals surface area contributed by atoms with Gasteiger partial charge in [-0.3, -0.25) is 4.79 Å². The Bertz CT molecular complexity index is 503. The first-order chi connectivity index (χ1) is 9.11. The number of carbonyl (C=O) groups excluding carboxylic acids is 2. The number of rotatable bonds is 3. The van der Waals surface area contributed by atoms with E-state index < -0.39 is 23.5 Å². The average Bonchev–Trinajstić information content (AvgIpc) is 2.26. The Balaban J connectivity index is 2.78. The average molecular weight is 318 g/mol. The second kappa shape index (κ2) is 6.46. The number of nitrogens with one attached hydrogen (secondary N) is 1. The predicted molar refractivity (Wildman–Crippen MR) is 79.2 cm³/mol. The van der Waals surface area contributed by atoms with Gasteiger partial charge in [-0.25, -0.2) is 4.79 Å². The van der Waals surface area contributed by atoms with Crippen molar-refractivity contribution in [3.63, 3.8) is 0 Å². The fourth-order valence-electron chi connectivity index (χ4n) is 1.43. The summed E-state index contributed by atoms with van der Waals surface area (Å²) in [7, 11) is 0. The quantitative estimate of drug-likeness (QED) is 0.869. The smallest absolute Gasteiger partial charge is 0.328 e. The molecule has 0 fully saturated rings. The van der Waals surface area contributed by atoms with Crippen LogP contribution < -0.4 is 5.32 Å². The summed E-state index contributed by atoms with van der Waals surface area (Å²) in [5, 5.41) is 2.97. The van der Waals surface area contributed by atoms with E-state index in [1.54, 1.807) is 39.0 Å². The van der Waals surface area contributed by atoms with Crippen molar-refractivity contribution >= 4 is 35.1 Å². The first kappa shape index (κ1) is 16.8. The molecule has 20 heavy (non-hydrogen) atoms. The van der Waals surface area contributed by atoms with Crippen molar-refractivity contribution in [2.24, 2.45) is 0 Å². The van der Waals surface area contributed by atoms with E-state index in [0.717, 1.165) is 0 Å². The molecule has 0 aliphatic heterocycles. The Morgan fingerprint density at radius 1 is 1.20 bits per heavy atom. The number of halogens is 2. The fourth-order valence-corrected chi connectivity index (χ4v) is 2.00. The molecule has 1 aromatic carbocycles. The fraction of sp³-hybridized carbons (Fsp3) is 0.429. The minimum absolute atomic E-state index is 0.145. The first-order valence-corrected chi connectivity index (χ1v) is 6.85. The summed E-state index contributed by atoms with van der Waals surface area (Å²) in [4.78, 5) is 23.9. The van der Waals surface area contributed by atoms with Gasteiger partial charge in [-0.1, -0.05) is 29.3 Å². The molecule has 1 rings (SSSR count). The molecule has 110 valence electrons. The summed E-state index contributed by atoms with van der Waals surface area (Å²) >= 11 is 11.9. The van der Waals surface area contributed by atoms with Crippen LogP contribution in [-0.4, -0.2) is 23.5 Å². The maximum atomic E-state index is 12.1. The highest BCUT2D eigenvalue weighted by Crippen LogP contribution is 2.24. The molecule has 1 atom stereocenters. The maximum absolute atomic E-state index is 12.1. The third-order valence-electron chi connectivity index (χ3n) is 2.30. The van der Waals surface area contributed by atoms with Crippen molar-refractivity contribution in [1.29, 1.82) is 0 Å². The molecule has 0 aromatic heterocycles. The standard InChI is InChI=1S/C14H17Cl2NO3/c1-8(13(19)20-14(2,3)4)17-12(18)11-9(15)6-5-7-10(11)16/h5-8H,1-4H3,(H,17,18)/t8-/m0/s1. The number of esters is 1. The van der Waals surface area contributed by atoms with Crippen LogP contribution in [0.3, 0.4) is 0 Å². The van der Waals surface area contributed by atoms with Crippen LogP contribution in [0, 0.1) is 0 Å². The van der Waals surface area contributed by atoms with Crippen LogP contribution >= 0.6 is 23.2 Å². The van der Waals surface area contributed by atoms with Gasteiger partial charge in [0.2, 0.25) is 0 Å². The zero-order valence-corrected chi connectivity index (χ0v) is 13.3. The predicted octanol–water partition coefficient (Wildman–Crippen LogP) is 3.45. The van der Waals surface area contributed by atoms with Gasteiger partial charge >= 0.3 is 5.97 Å². The highest BCUT2D eigenvalue weighted by atomic mass is 35.5. The zero-order chi connectivity index (χ0) is 15.5. The Hall–Kier alpha value is -1.26. The molecule has 0 aliphatic carbocycles. The van der Waals surface area contributed by atoms with Crippen LogP contribution in [0.1, 0.15) is 38.1 Å². The van der Waals surface area contributed by atoms with Crippen LogP contribution in [0.4, 0.5) is 0 Å². The summed E-state index contributed by atoms with van der Waals surface area (Å²) < 4.78 is 5.18. The molecule has 6 heteroatoms. The van der Waals surface area contributed by atoms with Crippen LogP contribution in [-0.2, 0) is 9.53 Å². The van der Waals surface area contributed by atoms with Gasteiger partial charge in [0, 0.05) is 0 Å². The van der Waals surface area contributed by atoms with Gasteiger partial charge in [0.15, 0.2) is 0 Å². The second-order valence-electron chi connectivity index (χ2n) is 5.33. The molecule has 0 aliphatic rings. The molecule has 1 aromatic rings. The number of benzene rings is 1. The summed E-state index contributed by atoms with van der Waals surface area (Å²) in [6, 6.07) is 3.95. The number of carbonyl (C=O) groups is 2. The lowest BCUT2D eigenvalue weighted by molar-refractivity contribution is -0.156. The monoisotopic (exact) mass is 317 g/mol. The van der Waals surface area contributed by atoms with E-state index in [9.17, 15) is 9.59 Å². The molecular weight excluding hydrogens is 301 g/mol. The molecule has 1 N–H and O–H groups in total. The number of hydrogen-bond acceptors (Lipinski definition) is 3. The van der Waals surface area contributed by atoms with Crippen LogP contribution in [0.25, 0.3) is 0 Å². The lowest BCUT2D eigenvalue weighted by atomic mass is 10.1. The van der Waals surface area contributed by atoms with Crippen molar-refractivity contribution in [3.8, 4) is 0 Å². The number of amides is 1. The summed E-state index contributed by atoms with van der Waals surface area (Å²) in [5.41, 5.74) is -0.468. The van der Waals surface area contributed by atoms with E-state index in [4.69, 9.17) is 27.9 Å². The molecular formula is C14H17Cl2NO3. The Labute approximate surface area is 128 Å². The summed E-state index contributed by atoms with van der Waals surface area (Å²) in [6.07, 6.45) is 0. The third-order valence-corrected chi connectivity index (χ3v) is 2.93. The molecule has 0 spiro atoms. The number of hydrogen-bond donors (Lipinski definition) is 1. The molecule has 0 saturated heterocycles. The van der Waals surface area contributed by atoms with E-state index in [1.165, 1.54) is 6.92 Å². The van der Waals surface area contributed by atoms with Gasteiger partial charge in [-0.2, -0.15) is 0 Å². The zero-order valence-electron chi connectivity index (χ0n) is 11.8. The van der Waals surface area contributed by atoms with Gasteiger partial charge in [-0.15, -0.1) is 0 Å². The minimum atomic E-state index is -0.797. The topological polar surface area (TPSA) is 55.4 Å². The van der Waals surface area contributed by atoms with Crippen molar-refractivity contribution in [2.45, 2.75) is 39.3 Å². The molecule has 0 radical (unpaired) electrons. The summed E-state index contributed by atoms with van der Waals surface area (Å²) in [6.45, 7) is 6.80. The summed E-state index contributed by atoms with van der Waals surface area (Å²) in [5.74, 6) is -1.03. The van der Waals surface area contributed by atoms with Gasteiger partial charge in [0.25, 0.3) is 5.91 Å². The molecule has 0 saturated carbocycles. The van der Waals surface area contributed by atoms with E-state index in [0.29, 0.717) is 0 Å². The highest BCUT2D eigenvalue weighted by Gasteiger charge is 2.24. The van der Waals surface area contributed by atoms with Crippen molar-refractivity contribution in [1.82, 2.24) is 5.32 Å². The van der Waals surface area contributed by atoms with Crippen LogP contribution in [0.15, 0.2) is 18.2 Å². The Morgan fingerprint density at radius 3 is 2.15 bits per heavy atom. The molecule has 1 amide bonds. The largest absolute Gasteiger partial charge is 0.458 e. The van der Waals surface area contributed by atoms with Crippen LogP contribution in [0.2, 0.25) is 10.0 Å². The Kier molecular flexibility index (Phi) is 5.42. The number of ether oxygens (including phenoxy) is 1. The molecule has 0 heterocycles. The second-order valence-corrected chi connectivity index (χ2v) is 6.14. The van der Waals surface area contributed by atoms with Crippen molar-refractivity contribution in [2.75, 3.05) is 0 Å². The minimum Gasteiger partial charge on any atom is -0.458 e. The lowest BCUT2D eigenvalue weighted by Gasteiger charge is -2.22. The normalized spacial score (nSPS) is 12.7. The highest BCUT2D eigenvalue weighted by molar-refractivity contribution is 6.39. The van der Waals surface area contributed by atoms with Gasteiger partial charge in [-0.05, 0) is 39.8 Å². The van der Waals surface area contributed by atoms with Gasteiger partial charge < -0.3 is 10.1 Å².